The van der Waals surface area contributed by atoms with Gasteiger partial charge in [0.15, 0.2) is 5.82 Å². The Hall–Kier alpha value is -2.64. The van der Waals surface area contributed by atoms with Crippen molar-refractivity contribution in [2.75, 3.05) is 11.9 Å². The van der Waals surface area contributed by atoms with Crippen molar-refractivity contribution in [1.82, 2.24) is 24.8 Å². The molecule has 0 spiro atoms. The van der Waals surface area contributed by atoms with Gasteiger partial charge in [0.05, 0.1) is 6.54 Å². The van der Waals surface area contributed by atoms with E-state index in [9.17, 15) is 4.79 Å². The number of nitrogens with one attached hydrogen (secondary N) is 2. The molecule has 3 rings (SSSR count). The van der Waals surface area contributed by atoms with E-state index in [4.69, 9.17) is 23.2 Å². The van der Waals surface area contributed by atoms with Gasteiger partial charge >= 0.3 is 0 Å². The van der Waals surface area contributed by atoms with Crippen LogP contribution in [0.4, 0.5) is 5.82 Å². The van der Waals surface area contributed by atoms with Gasteiger partial charge in [0.2, 0.25) is 11.2 Å². The minimum Gasteiger partial charge on any atom is -0.361 e. The number of hydrogen-bond donors (Lipinski definition) is 2. The molecule has 2 aromatic heterocycles. The summed E-state index contributed by atoms with van der Waals surface area (Å²) in [7, 11) is 1.86. The minimum atomic E-state index is -0.173. The number of anilines is 1. The molecule has 0 unspecified atom stereocenters. The van der Waals surface area contributed by atoms with Gasteiger partial charge in [-0.3, -0.25) is 4.79 Å². The molecule has 3 aromatic rings. The highest BCUT2D eigenvalue weighted by atomic mass is 35.5. The van der Waals surface area contributed by atoms with Crippen LogP contribution >= 0.6 is 23.2 Å². The molecule has 0 aliphatic heterocycles. The SMILES string of the molecule is CC.Cn1ccnc1-c1cc(NCC(=O)NCc2ccc(Cl)cc2)nc(Cl)n1. The fourth-order valence-electron chi connectivity index (χ4n) is 2.27. The first kappa shape index (κ1) is 21.7. The summed E-state index contributed by atoms with van der Waals surface area (Å²) in [6.45, 7) is 4.47. The average molecular weight is 421 g/mol. The lowest BCUT2D eigenvalue weighted by Crippen LogP contribution is -2.29. The summed E-state index contributed by atoms with van der Waals surface area (Å²) in [4.78, 5) is 24.5. The van der Waals surface area contributed by atoms with Gasteiger partial charge in [-0.1, -0.05) is 37.6 Å². The van der Waals surface area contributed by atoms with E-state index in [2.05, 4.69) is 25.6 Å². The number of carbonyl (C=O) groups excluding carboxylic acids is 1. The number of nitrogens with zero attached hydrogens (tertiary/aromatic N) is 4. The molecule has 0 aliphatic rings. The van der Waals surface area contributed by atoms with Crippen molar-refractivity contribution in [3.63, 3.8) is 0 Å². The molecule has 7 nitrogen and oxygen atoms in total. The number of imidazole rings is 1. The Morgan fingerprint density at radius 1 is 1.14 bits per heavy atom. The molecule has 1 aromatic carbocycles. The smallest absolute Gasteiger partial charge is 0.239 e. The summed E-state index contributed by atoms with van der Waals surface area (Å²) in [6, 6.07) is 8.98. The maximum atomic E-state index is 12.0. The van der Waals surface area contributed by atoms with Gasteiger partial charge in [-0.25, -0.2) is 15.0 Å². The van der Waals surface area contributed by atoms with E-state index in [1.54, 1.807) is 24.4 Å². The quantitative estimate of drug-likeness (QED) is 0.589. The monoisotopic (exact) mass is 420 g/mol. The first-order valence-electron chi connectivity index (χ1n) is 8.78. The number of aryl methyl sites for hydroxylation is 1. The highest BCUT2D eigenvalue weighted by molar-refractivity contribution is 6.30. The van der Waals surface area contributed by atoms with E-state index in [0.717, 1.165) is 5.56 Å². The van der Waals surface area contributed by atoms with E-state index in [-0.39, 0.29) is 17.7 Å². The Kier molecular flexibility index (Phi) is 8.22. The van der Waals surface area contributed by atoms with Crippen LogP contribution in [0.15, 0.2) is 42.7 Å². The summed E-state index contributed by atoms with van der Waals surface area (Å²) in [5, 5.41) is 6.50. The summed E-state index contributed by atoms with van der Waals surface area (Å²) in [5.74, 6) is 0.933. The molecule has 2 N–H and O–H groups in total. The lowest BCUT2D eigenvalue weighted by atomic mass is 10.2. The maximum absolute atomic E-state index is 12.0. The van der Waals surface area contributed by atoms with E-state index in [1.807, 2.05) is 43.8 Å². The van der Waals surface area contributed by atoms with E-state index in [1.165, 1.54) is 0 Å². The Morgan fingerprint density at radius 3 is 2.50 bits per heavy atom. The van der Waals surface area contributed by atoms with Gasteiger partial charge in [-0.2, -0.15) is 0 Å². The molecule has 1 amide bonds. The third-order valence-corrected chi connectivity index (χ3v) is 4.00. The number of rotatable bonds is 6. The lowest BCUT2D eigenvalue weighted by molar-refractivity contribution is -0.119. The van der Waals surface area contributed by atoms with Crippen molar-refractivity contribution in [2.24, 2.45) is 7.05 Å². The maximum Gasteiger partial charge on any atom is 0.239 e. The zero-order chi connectivity index (χ0) is 20.5. The zero-order valence-corrected chi connectivity index (χ0v) is 17.4. The van der Waals surface area contributed by atoms with Gasteiger partial charge in [0.25, 0.3) is 0 Å². The number of carbonyl (C=O) groups is 1. The number of benzene rings is 1. The van der Waals surface area contributed by atoms with Crippen LogP contribution in [0.25, 0.3) is 11.5 Å². The van der Waals surface area contributed by atoms with Crippen molar-refractivity contribution >= 4 is 34.9 Å². The Bertz CT molecular complexity index is 911. The summed E-state index contributed by atoms with van der Waals surface area (Å²) >= 11 is 11.8. The van der Waals surface area contributed by atoms with Crippen molar-refractivity contribution in [2.45, 2.75) is 20.4 Å². The topological polar surface area (TPSA) is 84.7 Å². The second-order valence-corrected chi connectivity index (χ2v) is 6.30. The standard InChI is InChI=1S/C17H16Cl2N6O.C2H6/c1-25-7-6-20-16(25)13-8-14(24-17(19)23-13)21-10-15(26)22-9-11-2-4-12(18)5-3-11;1-2/h2-8H,9-10H2,1H3,(H,22,26)(H,21,23,24);1-2H3. The molecule has 0 saturated carbocycles. The van der Waals surface area contributed by atoms with Gasteiger partial charge in [0, 0.05) is 37.1 Å². The van der Waals surface area contributed by atoms with E-state index in [0.29, 0.717) is 28.9 Å². The molecule has 0 bridgehead atoms. The van der Waals surface area contributed by atoms with Gasteiger partial charge < -0.3 is 15.2 Å². The van der Waals surface area contributed by atoms with Crippen LogP contribution in [0.2, 0.25) is 10.3 Å². The second-order valence-electron chi connectivity index (χ2n) is 5.53. The van der Waals surface area contributed by atoms with Crippen LogP contribution in [0.3, 0.4) is 0 Å². The summed E-state index contributed by atoms with van der Waals surface area (Å²) < 4.78 is 1.82. The normalized spacial score (nSPS) is 10.0. The molecule has 28 heavy (non-hydrogen) atoms. The molecule has 0 radical (unpaired) electrons. The average Bonchev–Trinajstić information content (AvgIpc) is 3.13. The molecule has 0 aliphatic carbocycles. The molecule has 0 fully saturated rings. The van der Waals surface area contributed by atoms with Gasteiger partial charge in [-0.05, 0) is 29.3 Å². The molecular formula is C19H22Cl2N6O. The minimum absolute atomic E-state index is 0.0565. The third-order valence-electron chi connectivity index (χ3n) is 3.58. The number of aromatic nitrogens is 4. The molecule has 148 valence electrons. The van der Waals surface area contributed by atoms with Crippen molar-refractivity contribution in [3.8, 4) is 11.5 Å². The molecule has 0 saturated heterocycles. The van der Waals surface area contributed by atoms with Crippen LogP contribution in [0.5, 0.6) is 0 Å². The lowest BCUT2D eigenvalue weighted by Gasteiger charge is -2.09. The van der Waals surface area contributed by atoms with Crippen molar-refractivity contribution in [3.05, 3.63) is 58.6 Å². The first-order chi connectivity index (χ1) is 13.5. The predicted molar refractivity (Wildman–Crippen MR) is 112 cm³/mol. The second kappa shape index (κ2) is 10.6. The van der Waals surface area contributed by atoms with Crippen LogP contribution in [0, 0.1) is 0 Å². The third kappa shape index (κ3) is 6.21. The highest BCUT2D eigenvalue weighted by Gasteiger charge is 2.10. The Morgan fingerprint density at radius 2 is 1.86 bits per heavy atom. The number of halogens is 2. The highest BCUT2D eigenvalue weighted by Crippen LogP contribution is 2.19. The predicted octanol–water partition coefficient (Wildman–Crippen LogP) is 3.94. The number of hydrogen-bond acceptors (Lipinski definition) is 5. The summed E-state index contributed by atoms with van der Waals surface area (Å²) in [6.07, 6.45) is 3.48. The van der Waals surface area contributed by atoms with Crippen molar-refractivity contribution < 1.29 is 4.79 Å². The van der Waals surface area contributed by atoms with Crippen molar-refractivity contribution in [1.29, 1.82) is 0 Å². The Labute approximate surface area is 174 Å². The van der Waals surface area contributed by atoms with Crippen LogP contribution in [-0.2, 0) is 18.4 Å². The molecule has 0 atom stereocenters. The largest absolute Gasteiger partial charge is 0.361 e. The molecule has 2 heterocycles. The zero-order valence-electron chi connectivity index (χ0n) is 15.9. The fraction of sp³-hybridized carbons (Fsp3) is 0.263. The Balaban J connectivity index is 0.00000136. The molecule has 9 heteroatoms. The number of amides is 1. The van der Waals surface area contributed by atoms with Gasteiger partial charge in [-0.15, -0.1) is 0 Å². The molecular weight excluding hydrogens is 399 g/mol. The summed E-state index contributed by atoms with van der Waals surface area (Å²) in [5.41, 5.74) is 1.53. The van der Waals surface area contributed by atoms with Crippen LogP contribution in [0.1, 0.15) is 19.4 Å². The first-order valence-corrected chi connectivity index (χ1v) is 9.54. The van der Waals surface area contributed by atoms with Crippen LogP contribution in [-0.4, -0.2) is 32.0 Å². The van der Waals surface area contributed by atoms with E-state index >= 15 is 0 Å². The van der Waals surface area contributed by atoms with Crippen LogP contribution < -0.4 is 10.6 Å². The fourth-order valence-corrected chi connectivity index (χ4v) is 2.58. The van der Waals surface area contributed by atoms with E-state index < -0.39 is 0 Å². The van der Waals surface area contributed by atoms with Gasteiger partial charge in [0.1, 0.15) is 11.5 Å².